The van der Waals surface area contributed by atoms with Crippen molar-refractivity contribution in [2.75, 3.05) is 0 Å². The molecule has 0 N–H and O–H groups in total. The normalized spacial score (nSPS) is 14.2. The van der Waals surface area contributed by atoms with Crippen molar-refractivity contribution in [1.29, 1.82) is 0 Å². The standard InChI is InChI=1S/C24H17ClN2O5/c1-15-5-2-3-7-18(15)14-31-19-8-4-6-16(11-19)12-21-24(28)32-23(26-21)17-9-10-20(25)22(13-17)27(29)30/h2-13H,14H2,1H3/b21-12-. The molecule has 160 valence electrons. The summed E-state index contributed by atoms with van der Waals surface area (Å²) in [6, 6.07) is 19.3. The van der Waals surface area contributed by atoms with Crippen LogP contribution in [0, 0.1) is 17.0 Å². The molecule has 0 radical (unpaired) electrons. The van der Waals surface area contributed by atoms with Gasteiger partial charge in [0.25, 0.3) is 5.69 Å². The zero-order valence-corrected chi connectivity index (χ0v) is 17.7. The van der Waals surface area contributed by atoms with E-state index >= 15 is 0 Å². The molecular weight excluding hydrogens is 432 g/mol. The van der Waals surface area contributed by atoms with Crippen LogP contribution in [-0.2, 0) is 16.1 Å². The molecule has 32 heavy (non-hydrogen) atoms. The zero-order chi connectivity index (χ0) is 22.7. The number of aliphatic imine (C=N–C) groups is 1. The van der Waals surface area contributed by atoms with E-state index in [1.54, 1.807) is 12.1 Å². The van der Waals surface area contributed by atoms with Gasteiger partial charge in [-0.3, -0.25) is 10.1 Å². The summed E-state index contributed by atoms with van der Waals surface area (Å²) in [7, 11) is 0. The Hall–Kier alpha value is -3.97. The average Bonchev–Trinajstić information content (AvgIpc) is 3.13. The van der Waals surface area contributed by atoms with Gasteiger partial charge in [0.05, 0.1) is 4.92 Å². The van der Waals surface area contributed by atoms with E-state index in [1.165, 1.54) is 18.2 Å². The molecule has 0 aliphatic carbocycles. The first-order valence-electron chi connectivity index (χ1n) is 9.65. The molecule has 0 fully saturated rings. The summed E-state index contributed by atoms with van der Waals surface area (Å²) in [4.78, 5) is 27.0. The SMILES string of the molecule is Cc1ccccc1COc1cccc(/C=C2\N=C(c3ccc(Cl)c([N+](=O)[O-])c3)OC2=O)c1. The van der Waals surface area contributed by atoms with Crippen LogP contribution in [0.15, 0.2) is 77.4 Å². The molecule has 3 aromatic carbocycles. The Bertz CT molecular complexity index is 1280. The maximum Gasteiger partial charge on any atom is 0.363 e. The van der Waals surface area contributed by atoms with Gasteiger partial charge < -0.3 is 9.47 Å². The zero-order valence-electron chi connectivity index (χ0n) is 16.9. The van der Waals surface area contributed by atoms with Crippen LogP contribution >= 0.6 is 11.6 Å². The molecule has 0 amide bonds. The van der Waals surface area contributed by atoms with Gasteiger partial charge in [0.15, 0.2) is 5.70 Å². The number of rotatable bonds is 6. The minimum atomic E-state index is -0.649. The summed E-state index contributed by atoms with van der Waals surface area (Å²) in [6.45, 7) is 2.45. The third-order valence-electron chi connectivity index (χ3n) is 4.83. The number of nitro groups is 1. The van der Waals surface area contributed by atoms with Crippen LogP contribution < -0.4 is 4.74 Å². The lowest BCUT2D eigenvalue weighted by Gasteiger charge is -2.09. The molecule has 1 aliphatic rings. The highest BCUT2D eigenvalue weighted by Crippen LogP contribution is 2.28. The van der Waals surface area contributed by atoms with Crippen LogP contribution in [0.4, 0.5) is 5.69 Å². The van der Waals surface area contributed by atoms with Crippen LogP contribution in [0.5, 0.6) is 5.75 Å². The van der Waals surface area contributed by atoms with Crippen molar-refractivity contribution in [2.45, 2.75) is 13.5 Å². The molecular formula is C24H17ClN2O5. The molecule has 0 unspecified atom stereocenters. The molecule has 0 atom stereocenters. The van der Waals surface area contributed by atoms with Gasteiger partial charge >= 0.3 is 5.97 Å². The van der Waals surface area contributed by atoms with Crippen molar-refractivity contribution < 1.29 is 19.2 Å². The van der Waals surface area contributed by atoms with Crippen LogP contribution in [0.25, 0.3) is 6.08 Å². The Morgan fingerprint density at radius 1 is 1.12 bits per heavy atom. The van der Waals surface area contributed by atoms with Crippen LogP contribution in [0.2, 0.25) is 5.02 Å². The average molecular weight is 449 g/mol. The molecule has 7 nitrogen and oxygen atoms in total. The number of esters is 1. The number of hydrogen-bond donors (Lipinski definition) is 0. The number of halogens is 1. The van der Waals surface area contributed by atoms with Gasteiger partial charge in [0.2, 0.25) is 5.90 Å². The first kappa shape index (κ1) is 21.3. The number of hydrogen-bond acceptors (Lipinski definition) is 6. The van der Waals surface area contributed by atoms with E-state index < -0.39 is 10.9 Å². The summed E-state index contributed by atoms with van der Waals surface area (Å²) in [5.74, 6) is -0.0247. The van der Waals surface area contributed by atoms with Crippen LogP contribution in [0.1, 0.15) is 22.3 Å². The van der Waals surface area contributed by atoms with Crippen molar-refractivity contribution in [3.05, 3.63) is 110 Å². The van der Waals surface area contributed by atoms with Gasteiger partial charge in [-0.1, -0.05) is 48.0 Å². The molecule has 0 saturated heterocycles. The number of nitro benzene ring substituents is 1. The Morgan fingerprint density at radius 3 is 2.72 bits per heavy atom. The summed E-state index contributed by atoms with van der Waals surface area (Å²) in [6.07, 6.45) is 1.57. The molecule has 8 heteroatoms. The minimum absolute atomic E-state index is 0.0121. The fourth-order valence-corrected chi connectivity index (χ4v) is 3.29. The summed E-state index contributed by atoms with van der Waals surface area (Å²) in [5, 5.41) is 11.1. The molecule has 1 heterocycles. The van der Waals surface area contributed by atoms with Crippen molar-refractivity contribution in [1.82, 2.24) is 0 Å². The second kappa shape index (κ2) is 9.03. The quantitative estimate of drug-likeness (QED) is 0.215. The molecule has 4 rings (SSSR count). The fourth-order valence-electron chi connectivity index (χ4n) is 3.10. The second-order valence-corrected chi connectivity index (χ2v) is 7.45. The number of benzene rings is 3. The van der Waals surface area contributed by atoms with E-state index in [0.29, 0.717) is 17.9 Å². The van der Waals surface area contributed by atoms with Crippen molar-refractivity contribution in [3.63, 3.8) is 0 Å². The second-order valence-electron chi connectivity index (χ2n) is 7.05. The molecule has 0 aromatic heterocycles. The number of carbonyl (C=O) groups excluding carboxylic acids is 1. The van der Waals surface area contributed by atoms with Crippen molar-refractivity contribution in [2.24, 2.45) is 4.99 Å². The largest absolute Gasteiger partial charge is 0.489 e. The predicted octanol–water partition coefficient (Wildman–Crippen LogP) is 5.48. The van der Waals surface area contributed by atoms with Crippen molar-refractivity contribution in [3.8, 4) is 5.75 Å². The Labute approximate surface area is 188 Å². The highest BCUT2D eigenvalue weighted by molar-refractivity contribution is 6.32. The number of carbonyl (C=O) groups is 1. The lowest BCUT2D eigenvalue weighted by molar-refractivity contribution is -0.384. The van der Waals surface area contributed by atoms with E-state index in [4.69, 9.17) is 21.1 Å². The van der Waals surface area contributed by atoms with Gasteiger partial charge in [-0.25, -0.2) is 9.79 Å². The third kappa shape index (κ3) is 4.68. The maximum atomic E-state index is 12.3. The summed E-state index contributed by atoms with van der Waals surface area (Å²) < 4.78 is 11.1. The van der Waals surface area contributed by atoms with Crippen LogP contribution in [0.3, 0.4) is 0 Å². The first-order chi connectivity index (χ1) is 15.4. The maximum absolute atomic E-state index is 12.3. The van der Waals surface area contributed by atoms with Crippen molar-refractivity contribution >= 4 is 35.2 Å². The predicted molar refractivity (Wildman–Crippen MR) is 121 cm³/mol. The Kier molecular flexibility index (Phi) is 6.00. The molecule has 3 aromatic rings. The lowest BCUT2D eigenvalue weighted by atomic mass is 10.1. The highest BCUT2D eigenvalue weighted by Gasteiger charge is 2.26. The minimum Gasteiger partial charge on any atom is -0.489 e. The van der Waals surface area contributed by atoms with Gasteiger partial charge in [0, 0.05) is 11.6 Å². The van der Waals surface area contributed by atoms with E-state index in [2.05, 4.69) is 4.99 Å². The molecule has 0 saturated carbocycles. The van der Waals surface area contributed by atoms with Gasteiger partial charge in [-0.15, -0.1) is 0 Å². The van der Waals surface area contributed by atoms with E-state index in [9.17, 15) is 14.9 Å². The van der Waals surface area contributed by atoms with E-state index in [1.807, 2.05) is 49.4 Å². The number of ether oxygens (including phenoxy) is 2. The molecule has 0 bridgehead atoms. The van der Waals surface area contributed by atoms with Crippen LogP contribution in [-0.4, -0.2) is 16.8 Å². The molecule has 1 aliphatic heterocycles. The third-order valence-corrected chi connectivity index (χ3v) is 5.15. The van der Waals surface area contributed by atoms with Gasteiger partial charge in [-0.05, 0) is 54.0 Å². The topological polar surface area (TPSA) is 91.0 Å². The first-order valence-corrected chi connectivity index (χ1v) is 10.0. The molecule has 0 spiro atoms. The Morgan fingerprint density at radius 2 is 1.94 bits per heavy atom. The van der Waals surface area contributed by atoms with E-state index in [-0.39, 0.29) is 27.9 Å². The Balaban J connectivity index is 1.55. The smallest absolute Gasteiger partial charge is 0.363 e. The van der Waals surface area contributed by atoms with Gasteiger partial charge in [-0.2, -0.15) is 0 Å². The summed E-state index contributed by atoms with van der Waals surface area (Å²) in [5.41, 5.74) is 3.00. The lowest BCUT2D eigenvalue weighted by Crippen LogP contribution is -2.06. The monoisotopic (exact) mass is 448 g/mol. The summed E-state index contributed by atoms with van der Waals surface area (Å²) >= 11 is 5.84. The van der Waals surface area contributed by atoms with Gasteiger partial charge in [0.1, 0.15) is 17.4 Å². The highest BCUT2D eigenvalue weighted by atomic mass is 35.5. The fraction of sp³-hybridized carbons (Fsp3) is 0.0833. The van der Waals surface area contributed by atoms with E-state index in [0.717, 1.165) is 11.1 Å². The number of aryl methyl sites for hydroxylation is 1. The number of cyclic esters (lactones) is 1. The number of nitrogens with zero attached hydrogens (tertiary/aromatic N) is 2.